The summed E-state index contributed by atoms with van der Waals surface area (Å²) in [6.45, 7) is 6.52. The molecule has 3 aromatic rings. The fourth-order valence-electron chi connectivity index (χ4n) is 2.45. The molecule has 0 aliphatic carbocycles. The van der Waals surface area contributed by atoms with E-state index in [1.165, 1.54) is 0 Å². The van der Waals surface area contributed by atoms with Gasteiger partial charge in [-0.3, -0.25) is 0 Å². The second-order valence-corrected chi connectivity index (χ2v) is 5.12. The fraction of sp³-hybridized carbons (Fsp3) is 0.250. The quantitative estimate of drug-likeness (QED) is 0.669. The molecule has 0 spiro atoms. The third kappa shape index (κ3) is 4.32. The van der Waals surface area contributed by atoms with Gasteiger partial charge in [-0.15, -0.1) is 0 Å². The number of rotatable bonds is 5. The molecule has 0 aliphatic heterocycles. The van der Waals surface area contributed by atoms with E-state index in [4.69, 9.17) is 15.2 Å². The highest BCUT2D eigenvalue weighted by Crippen LogP contribution is 2.29. The topological polar surface area (TPSA) is 77.3 Å². The van der Waals surface area contributed by atoms with Gasteiger partial charge >= 0.3 is 5.97 Å². The molecule has 2 aromatic carbocycles. The van der Waals surface area contributed by atoms with Crippen LogP contribution in [-0.4, -0.2) is 17.6 Å². The molecule has 0 saturated carbocycles. The fourth-order valence-corrected chi connectivity index (χ4v) is 2.45. The van der Waals surface area contributed by atoms with Crippen molar-refractivity contribution in [1.82, 2.24) is 4.98 Å². The van der Waals surface area contributed by atoms with Crippen molar-refractivity contribution in [2.24, 2.45) is 0 Å². The molecule has 1 aromatic heterocycles. The van der Waals surface area contributed by atoms with Gasteiger partial charge in [0.05, 0.1) is 6.61 Å². The van der Waals surface area contributed by atoms with Crippen LogP contribution < -0.4 is 10.5 Å². The number of hydrogen-bond acceptors (Lipinski definition) is 4. The summed E-state index contributed by atoms with van der Waals surface area (Å²) < 4.78 is 10.9. The first-order chi connectivity index (χ1) is 12.2. The molecule has 3 N–H and O–H groups in total. The zero-order valence-corrected chi connectivity index (χ0v) is 14.8. The zero-order valence-electron chi connectivity index (χ0n) is 14.8. The van der Waals surface area contributed by atoms with Crippen LogP contribution in [0.25, 0.3) is 10.9 Å². The molecule has 1 heterocycles. The number of aromatic amines is 1. The minimum atomic E-state index is -0.434. The summed E-state index contributed by atoms with van der Waals surface area (Å²) in [7, 11) is 0. The van der Waals surface area contributed by atoms with Crippen LogP contribution in [0.4, 0.5) is 5.82 Å². The Morgan fingerprint density at radius 2 is 1.84 bits per heavy atom. The number of H-pyrrole nitrogens is 1. The number of fused-ring (bicyclic) bond motifs is 1. The first-order valence-corrected chi connectivity index (χ1v) is 8.44. The van der Waals surface area contributed by atoms with Crippen molar-refractivity contribution in [1.29, 1.82) is 0 Å². The van der Waals surface area contributed by atoms with Crippen LogP contribution in [0.1, 0.15) is 36.7 Å². The van der Waals surface area contributed by atoms with E-state index >= 15 is 0 Å². The number of anilines is 1. The van der Waals surface area contributed by atoms with Crippen molar-refractivity contribution in [3.05, 3.63) is 59.7 Å². The first kappa shape index (κ1) is 18.4. The highest BCUT2D eigenvalue weighted by atomic mass is 16.5. The molecule has 0 saturated heterocycles. The summed E-state index contributed by atoms with van der Waals surface area (Å²) in [5.41, 5.74) is 8.11. The molecule has 132 valence electrons. The van der Waals surface area contributed by atoms with Gasteiger partial charge in [0, 0.05) is 10.9 Å². The number of ether oxygens (including phenoxy) is 2. The number of benzene rings is 2. The van der Waals surface area contributed by atoms with Crippen molar-refractivity contribution < 1.29 is 14.3 Å². The Hall–Kier alpha value is -2.95. The smallest absolute Gasteiger partial charge is 0.342 e. The van der Waals surface area contributed by atoms with Crippen LogP contribution in [0.5, 0.6) is 5.75 Å². The van der Waals surface area contributed by atoms with Gasteiger partial charge in [-0.1, -0.05) is 44.2 Å². The summed E-state index contributed by atoms with van der Waals surface area (Å²) in [6, 6.07) is 15.4. The maximum Gasteiger partial charge on any atom is 0.342 e. The summed E-state index contributed by atoms with van der Waals surface area (Å²) in [6.07, 6.45) is 0. The van der Waals surface area contributed by atoms with Crippen LogP contribution in [0.2, 0.25) is 0 Å². The van der Waals surface area contributed by atoms with E-state index in [0.29, 0.717) is 35.7 Å². The normalized spacial score (nSPS) is 10.0. The van der Waals surface area contributed by atoms with Gasteiger partial charge in [0.25, 0.3) is 0 Å². The van der Waals surface area contributed by atoms with Crippen molar-refractivity contribution in [3.63, 3.8) is 0 Å². The number of carbonyl (C=O) groups is 1. The maximum atomic E-state index is 12.1. The molecular formula is C20H24N2O3. The number of nitrogen functional groups attached to an aromatic ring is 1. The number of nitrogens with one attached hydrogen (secondary N) is 1. The summed E-state index contributed by atoms with van der Waals surface area (Å²) in [4.78, 5) is 15.1. The lowest BCUT2D eigenvalue weighted by Crippen LogP contribution is -2.06. The van der Waals surface area contributed by atoms with Crippen LogP contribution in [-0.2, 0) is 11.3 Å². The Kier molecular flexibility index (Phi) is 6.46. The van der Waals surface area contributed by atoms with Gasteiger partial charge < -0.3 is 20.2 Å². The van der Waals surface area contributed by atoms with Crippen LogP contribution in [0.15, 0.2) is 48.5 Å². The van der Waals surface area contributed by atoms with E-state index in [9.17, 15) is 4.79 Å². The van der Waals surface area contributed by atoms with Gasteiger partial charge in [0.15, 0.2) is 0 Å². The minimum Gasteiger partial charge on any atom is -0.489 e. The average molecular weight is 340 g/mol. The average Bonchev–Trinajstić information content (AvgIpc) is 2.98. The van der Waals surface area contributed by atoms with E-state index in [2.05, 4.69) is 4.98 Å². The van der Waals surface area contributed by atoms with Gasteiger partial charge in [-0.2, -0.15) is 0 Å². The third-order valence-corrected chi connectivity index (χ3v) is 3.53. The van der Waals surface area contributed by atoms with E-state index < -0.39 is 5.97 Å². The molecule has 25 heavy (non-hydrogen) atoms. The van der Waals surface area contributed by atoms with E-state index in [1.807, 2.05) is 56.3 Å². The van der Waals surface area contributed by atoms with Gasteiger partial charge in [-0.05, 0) is 30.7 Å². The lowest BCUT2D eigenvalue weighted by Gasteiger charge is -2.07. The Balaban J connectivity index is 0.00000109. The summed E-state index contributed by atoms with van der Waals surface area (Å²) >= 11 is 0. The highest BCUT2D eigenvalue weighted by molar-refractivity contribution is 6.09. The van der Waals surface area contributed by atoms with Crippen molar-refractivity contribution in [3.8, 4) is 5.75 Å². The van der Waals surface area contributed by atoms with Crippen LogP contribution in [0, 0.1) is 0 Å². The van der Waals surface area contributed by atoms with Crippen molar-refractivity contribution in [2.45, 2.75) is 27.4 Å². The van der Waals surface area contributed by atoms with Crippen LogP contribution in [0.3, 0.4) is 0 Å². The molecule has 0 fully saturated rings. The molecule has 0 bridgehead atoms. The van der Waals surface area contributed by atoms with Crippen molar-refractivity contribution in [2.75, 3.05) is 12.3 Å². The Labute approximate surface area is 147 Å². The minimum absolute atomic E-state index is 0.301. The molecule has 0 radical (unpaired) electrons. The standard InChI is InChI=1S/C18H18N2O3.C2H6/c1-2-22-18(21)16-14-10-13(8-9-15(14)20-17(16)19)23-11-12-6-4-3-5-7-12;1-2/h3-10,20H,2,11,19H2,1H3;1-2H3. The molecule has 5 nitrogen and oxygen atoms in total. The molecule has 0 atom stereocenters. The number of esters is 1. The SMILES string of the molecule is CC.CCOC(=O)c1c(N)[nH]c2ccc(OCc3ccccc3)cc12. The van der Waals surface area contributed by atoms with E-state index in [1.54, 1.807) is 13.0 Å². The molecule has 0 aliphatic rings. The lowest BCUT2D eigenvalue weighted by atomic mass is 10.1. The summed E-state index contributed by atoms with van der Waals surface area (Å²) in [5, 5.41) is 0.700. The van der Waals surface area contributed by atoms with Crippen LogP contribution >= 0.6 is 0 Å². The Morgan fingerprint density at radius 1 is 1.12 bits per heavy atom. The Morgan fingerprint density at radius 3 is 2.52 bits per heavy atom. The van der Waals surface area contributed by atoms with E-state index in [0.717, 1.165) is 11.1 Å². The van der Waals surface area contributed by atoms with E-state index in [-0.39, 0.29) is 0 Å². The number of nitrogens with two attached hydrogens (primary N) is 1. The molecule has 0 unspecified atom stereocenters. The van der Waals surface area contributed by atoms with Gasteiger partial charge in [0.1, 0.15) is 23.7 Å². The second kappa shape index (κ2) is 8.78. The predicted molar refractivity (Wildman–Crippen MR) is 101 cm³/mol. The van der Waals surface area contributed by atoms with Gasteiger partial charge in [0.2, 0.25) is 0 Å². The largest absolute Gasteiger partial charge is 0.489 e. The number of carbonyl (C=O) groups excluding carboxylic acids is 1. The first-order valence-electron chi connectivity index (χ1n) is 8.44. The van der Waals surface area contributed by atoms with Crippen molar-refractivity contribution >= 4 is 22.7 Å². The second-order valence-electron chi connectivity index (χ2n) is 5.12. The number of aromatic nitrogens is 1. The number of hydrogen-bond donors (Lipinski definition) is 2. The monoisotopic (exact) mass is 340 g/mol. The lowest BCUT2D eigenvalue weighted by molar-refractivity contribution is 0.0530. The zero-order chi connectivity index (χ0) is 18.2. The predicted octanol–water partition coefficient (Wildman–Crippen LogP) is 4.53. The highest BCUT2D eigenvalue weighted by Gasteiger charge is 2.18. The molecule has 0 amide bonds. The third-order valence-electron chi connectivity index (χ3n) is 3.53. The molecular weight excluding hydrogens is 316 g/mol. The summed E-state index contributed by atoms with van der Waals surface area (Å²) in [5.74, 6) is 0.543. The maximum absolute atomic E-state index is 12.1. The molecule has 3 rings (SSSR count). The molecule has 5 heteroatoms. The van der Waals surface area contributed by atoms with Gasteiger partial charge in [-0.25, -0.2) is 4.79 Å². The Bertz CT molecular complexity index is 826.